The summed E-state index contributed by atoms with van der Waals surface area (Å²) in [7, 11) is 0. The fraction of sp³-hybridized carbons (Fsp3) is 0.600. The first kappa shape index (κ1) is 17.5. The molecular weight excluding hydrogens is 311 g/mol. The summed E-state index contributed by atoms with van der Waals surface area (Å²) < 4.78 is 44.2. The van der Waals surface area contributed by atoms with Crippen molar-refractivity contribution >= 4 is 11.8 Å². The third kappa shape index (κ3) is 4.82. The summed E-state index contributed by atoms with van der Waals surface area (Å²) in [6, 6.07) is 2.33. The number of ether oxygens (including phenoxy) is 1. The van der Waals surface area contributed by atoms with Crippen LogP contribution in [0.1, 0.15) is 18.9 Å². The van der Waals surface area contributed by atoms with Gasteiger partial charge in [-0.05, 0) is 25.5 Å². The maximum Gasteiger partial charge on any atom is 0.419 e. The molecule has 5 nitrogen and oxygen atoms in total. The lowest BCUT2D eigenvalue weighted by molar-refractivity contribution is -0.144. The molecule has 0 bridgehead atoms. The van der Waals surface area contributed by atoms with Crippen molar-refractivity contribution in [2.24, 2.45) is 0 Å². The van der Waals surface area contributed by atoms with E-state index >= 15 is 0 Å². The Morgan fingerprint density at radius 1 is 1.30 bits per heavy atom. The van der Waals surface area contributed by atoms with Crippen LogP contribution < -0.4 is 4.90 Å². The number of nitrogens with zero attached hydrogens (tertiary/aromatic N) is 3. The molecule has 0 spiro atoms. The predicted octanol–water partition coefficient (Wildman–Crippen LogP) is 2.18. The van der Waals surface area contributed by atoms with Crippen LogP contribution in [0, 0.1) is 0 Å². The van der Waals surface area contributed by atoms with Crippen LogP contribution in [-0.4, -0.2) is 55.2 Å². The van der Waals surface area contributed by atoms with Crippen LogP contribution in [0.3, 0.4) is 0 Å². The zero-order valence-electron chi connectivity index (χ0n) is 13.0. The van der Waals surface area contributed by atoms with Gasteiger partial charge >= 0.3 is 12.1 Å². The summed E-state index contributed by atoms with van der Waals surface area (Å²) in [6.45, 7) is 4.22. The highest BCUT2D eigenvalue weighted by Gasteiger charge is 2.36. The summed E-state index contributed by atoms with van der Waals surface area (Å²) in [5.41, 5.74) is -0.723. The fourth-order valence-corrected chi connectivity index (χ4v) is 2.60. The van der Waals surface area contributed by atoms with E-state index in [1.165, 1.54) is 12.3 Å². The molecule has 2 heterocycles. The van der Waals surface area contributed by atoms with E-state index in [0.29, 0.717) is 39.2 Å². The molecule has 2 rings (SSSR count). The van der Waals surface area contributed by atoms with Crippen molar-refractivity contribution in [1.29, 1.82) is 0 Å². The predicted molar refractivity (Wildman–Crippen MR) is 79.1 cm³/mol. The van der Waals surface area contributed by atoms with E-state index in [-0.39, 0.29) is 18.3 Å². The van der Waals surface area contributed by atoms with Crippen LogP contribution in [0.4, 0.5) is 19.0 Å². The molecule has 1 fully saturated rings. The Labute approximate surface area is 133 Å². The fourth-order valence-electron chi connectivity index (χ4n) is 2.60. The average Bonchev–Trinajstić information content (AvgIpc) is 2.72. The number of carbonyl (C=O) groups is 1. The summed E-state index contributed by atoms with van der Waals surface area (Å²) in [5, 5.41) is 0. The number of anilines is 1. The van der Waals surface area contributed by atoms with Crippen molar-refractivity contribution < 1.29 is 22.7 Å². The average molecular weight is 331 g/mol. The van der Waals surface area contributed by atoms with Crippen molar-refractivity contribution in [1.82, 2.24) is 9.88 Å². The zero-order chi connectivity index (χ0) is 16.9. The summed E-state index contributed by atoms with van der Waals surface area (Å²) >= 11 is 0. The van der Waals surface area contributed by atoms with E-state index in [0.717, 1.165) is 6.07 Å². The van der Waals surface area contributed by atoms with Crippen LogP contribution >= 0.6 is 0 Å². The van der Waals surface area contributed by atoms with E-state index in [2.05, 4.69) is 4.98 Å². The van der Waals surface area contributed by atoms with Gasteiger partial charge in [0, 0.05) is 32.4 Å². The van der Waals surface area contributed by atoms with Gasteiger partial charge in [-0.3, -0.25) is 9.69 Å². The number of esters is 1. The van der Waals surface area contributed by atoms with Gasteiger partial charge in [0.05, 0.1) is 18.7 Å². The smallest absolute Gasteiger partial charge is 0.419 e. The Morgan fingerprint density at radius 2 is 2.09 bits per heavy atom. The number of pyridine rings is 1. The molecule has 0 unspecified atom stereocenters. The van der Waals surface area contributed by atoms with Gasteiger partial charge in [-0.15, -0.1) is 0 Å². The third-order valence-electron chi connectivity index (χ3n) is 3.64. The Bertz CT molecular complexity index is 537. The van der Waals surface area contributed by atoms with Gasteiger partial charge in [-0.1, -0.05) is 0 Å². The Balaban J connectivity index is 2.05. The normalized spacial score (nSPS) is 17.0. The monoisotopic (exact) mass is 331 g/mol. The molecule has 1 aromatic heterocycles. The number of carbonyl (C=O) groups excluding carboxylic acids is 1. The first-order valence-electron chi connectivity index (χ1n) is 7.57. The number of aromatic nitrogens is 1. The molecule has 1 saturated heterocycles. The molecule has 8 heteroatoms. The third-order valence-corrected chi connectivity index (χ3v) is 3.64. The molecule has 1 aliphatic heterocycles. The van der Waals surface area contributed by atoms with Gasteiger partial charge in [0.2, 0.25) is 0 Å². The summed E-state index contributed by atoms with van der Waals surface area (Å²) in [6.07, 6.45) is -2.40. The van der Waals surface area contributed by atoms with Crippen molar-refractivity contribution in [3.8, 4) is 0 Å². The van der Waals surface area contributed by atoms with Gasteiger partial charge in [0.1, 0.15) is 5.82 Å². The van der Waals surface area contributed by atoms with Crippen LogP contribution in [0.2, 0.25) is 0 Å². The molecule has 1 aromatic rings. The molecule has 0 N–H and O–H groups in total. The quantitative estimate of drug-likeness (QED) is 0.792. The van der Waals surface area contributed by atoms with Crippen molar-refractivity contribution in [3.05, 3.63) is 23.9 Å². The van der Waals surface area contributed by atoms with Crippen molar-refractivity contribution in [3.63, 3.8) is 0 Å². The number of alkyl halides is 3. The molecule has 0 atom stereocenters. The molecule has 0 amide bonds. The summed E-state index contributed by atoms with van der Waals surface area (Å²) in [5.74, 6) is -0.354. The minimum atomic E-state index is -4.43. The standard InChI is InChI=1S/C15H20F3N3O2/c1-2-23-13(22)11-20-7-4-8-21(10-9-20)14-12(15(16,17)18)5-3-6-19-14/h3,5-6H,2,4,7-11H2,1H3. The molecule has 0 aromatic carbocycles. The Hall–Kier alpha value is -1.83. The first-order valence-corrected chi connectivity index (χ1v) is 7.57. The molecule has 0 saturated carbocycles. The largest absolute Gasteiger partial charge is 0.465 e. The Kier molecular flexibility index (Phi) is 5.81. The number of hydrogen-bond acceptors (Lipinski definition) is 5. The van der Waals surface area contributed by atoms with Gasteiger partial charge < -0.3 is 9.64 Å². The first-order chi connectivity index (χ1) is 10.9. The Morgan fingerprint density at radius 3 is 2.78 bits per heavy atom. The van der Waals surface area contributed by atoms with Crippen molar-refractivity contribution in [2.45, 2.75) is 19.5 Å². The van der Waals surface area contributed by atoms with Crippen LogP contribution in [0.25, 0.3) is 0 Å². The number of hydrogen-bond donors (Lipinski definition) is 0. The van der Waals surface area contributed by atoms with E-state index in [9.17, 15) is 18.0 Å². The minimum Gasteiger partial charge on any atom is -0.465 e. The maximum atomic E-state index is 13.1. The highest BCUT2D eigenvalue weighted by Crippen LogP contribution is 2.35. The second kappa shape index (κ2) is 7.63. The second-order valence-electron chi connectivity index (χ2n) is 5.29. The van der Waals surface area contributed by atoms with Crippen LogP contribution in [0.15, 0.2) is 18.3 Å². The zero-order valence-corrected chi connectivity index (χ0v) is 13.0. The molecule has 0 radical (unpaired) electrons. The van der Waals surface area contributed by atoms with Crippen LogP contribution in [-0.2, 0) is 15.7 Å². The van der Waals surface area contributed by atoms with Gasteiger partial charge in [-0.25, -0.2) is 4.98 Å². The van der Waals surface area contributed by atoms with Crippen molar-refractivity contribution in [2.75, 3.05) is 44.2 Å². The topological polar surface area (TPSA) is 45.7 Å². The molecule has 1 aliphatic rings. The highest BCUT2D eigenvalue weighted by atomic mass is 19.4. The maximum absolute atomic E-state index is 13.1. The van der Waals surface area contributed by atoms with E-state index < -0.39 is 11.7 Å². The minimum absolute atomic E-state index is 0.0435. The lowest BCUT2D eigenvalue weighted by Gasteiger charge is -2.25. The highest BCUT2D eigenvalue weighted by molar-refractivity contribution is 5.71. The van der Waals surface area contributed by atoms with Gasteiger partial charge in [-0.2, -0.15) is 13.2 Å². The van der Waals surface area contributed by atoms with Crippen LogP contribution in [0.5, 0.6) is 0 Å². The number of rotatable bonds is 4. The number of halogens is 3. The molecule has 23 heavy (non-hydrogen) atoms. The molecular formula is C15H20F3N3O2. The lowest BCUT2D eigenvalue weighted by atomic mass is 10.2. The van der Waals surface area contributed by atoms with Gasteiger partial charge in [0.25, 0.3) is 0 Å². The molecule has 0 aliphatic carbocycles. The second-order valence-corrected chi connectivity index (χ2v) is 5.29. The van der Waals surface area contributed by atoms with Gasteiger partial charge in [0.15, 0.2) is 0 Å². The van der Waals surface area contributed by atoms with E-state index in [1.54, 1.807) is 11.8 Å². The summed E-state index contributed by atoms with van der Waals surface area (Å²) in [4.78, 5) is 19.0. The SMILES string of the molecule is CCOC(=O)CN1CCCN(c2ncccc2C(F)(F)F)CC1. The molecule has 128 valence electrons. The van der Waals surface area contributed by atoms with E-state index in [1.807, 2.05) is 4.90 Å². The van der Waals surface area contributed by atoms with E-state index in [4.69, 9.17) is 4.74 Å². The lowest BCUT2D eigenvalue weighted by Crippen LogP contribution is -2.35.